The number of nitrogens with zero attached hydrogens (tertiary/aromatic N) is 1. The van der Waals surface area contributed by atoms with Gasteiger partial charge in [-0.1, -0.05) is 19.3 Å². The summed E-state index contributed by atoms with van der Waals surface area (Å²) in [4.78, 5) is 25.4. The molecule has 5 heteroatoms. The minimum absolute atomic E-state index is 0.157. The van der Waals surface area contributed by atoms with E-state index in [9.17, 15) is 9.59 Å². The summed E-state index contributed by atoms with van der Waals surface area (Å²) in [6.45, 7) is 1.33. The van der Waals surface area contributed by atoms with Crippen molar-refractivity contribution in [1.29, 1.82) is 0 Å². The van der Waals surface area contributed by atoms with Gasteiger partial charge in [0.2, 0.25) is 5.91 Å². The number of amides is 1. The van der Waals surface area contributed by atoms with Crippen LogP contribution in [0.3, 0.4) is 0 Å². The maximum absolute atomic E-state index is 12.2. The van der Waals surface area contributed by atoms with Gasteiger partial charge in [-0.3, -0.25) is 4.79 Å². The lowest BCUT2D eigenvalue weighted by molar-refractivity contribution is -0.162. The van der Waals surface area contributed by atoms with Gasteiger partial charge in [0, 0.05) is 13.0 Å². The highest BCUT2D eigenvalue weighted by Gasteiger charge is 2.30. The molecule has 108 valence electrons. The molecule has 1 saturated carbocycles. The summed E-state index contributed by atoms with van der Waals surface area (Å²) < 4.78 is 10.00. The van der Waals surface area contributed by atoms with Gasteiger partial charge >= 0.3 is 5.97 Å². The first-order chi connectivity index (χ1) is 9.20. The molecule has 0 bridgehead atoms. The summed E-state index contributed by atoms with van der Waals surface area (Å²) in [7, 11) is 1.34. The molecular weight excluding hydrogens is 246 g/mol. The third kappa shape index (κ3) is 3.93. The average molecular weight is 269 g/mol. The van der Waals surface area contributed by atoms with E-state index in [1.807, 2.05) is 0 Å². The minimum atomic E-state index is -0.617. The third-order valence-corrected chi connectivity index (χ3v) is 4.07. The van der Waals surface area contributed by atoms with Crippen LogP contribution in [-0.2, 0) is 19.1 Å². The monoisotopic (exact) mass is 269 g/mol. The number of hydrogen-bond acceptors (Lipinski definition) is 4. The fourth-order valence-corrected chi connectivity index (χ4v) is 2.92. The van der Waals surface area contributed by atoms with Gasteiger partial charge in [0.15, 0.2) is 6.10 Å². The summed E-state index contributed by atoms with van der Waals surface area (Å²) >= 11 is 0. The predicted octanol–water partition coefficient (Wildman–Crippen LogP) is 1.36. The Hall–Kier alpha value is -1.10. The quantitative estimate of drug-likeness (QED) is 0.726. The van der Waals surface area contributed by atoms with Crippen LogP contribution in [0.2, 0.25) is 0 Å². The molecule has 0 aromatic rings. The molecule has 1 saturated heterocycles. The first-order valence-corrected chi connectivity index (χ1v) is 7.18. The fraction of sp³-hybridized carbons (Fsp3) is 0.857. The number of rotatable bonds is 3. The lowest BCUT2D eigenvalue weighted by atomic mass is 9.86. The second kappa shape index (κ2) is 6.89. The molecule has 0 spiro atoms. The van der Waals surface area contributed by atoms with Gasteiger partial charge < -0.3 is 14.4 Å². The lowest BCUT2D eigenvalue weighted by Crippen LogP contribution is -2.49. The Kier molecular flexibility index (Phi) is 5.19. The summed E-state index contributed by atoms with van der Waals surface area (Å²) in [6.07, 6.45) is 6.11. The van der Waals surface area contributed by atoms with Crippen molar-refractivity contribution in [2.24, 2.45) is 5.92 Å². The summed E-state index contributed by atoms with van der Waals surface area (Å²) in [5.41, 5.74) is 0. The zero-order chi connectivity index (χ0) is 13.7. The van der Waals surface area contributed by atoms with E-state index in [1.165, 1.54) is 26.4 Å². The van der Waals surface area contributed by atoms with E-state index in [0.717, 1.165) is 12.8 Å². The van der Waals surface area contributed by atoms with Crippen LogP contribution in [0.5, 0.6) is 0 Å². The van der Waals surface area contributed by atoms with Crippen molar-refractivity contribution in [2.75, 3.05) is 26.8 Å². The van der Waals surface area contributed by atoms with Gasteiger partial charge in [-0.15, -0.1) is 0 Å². The molecule has 19 heavy (non-hydrogen) atoms. The SMILES string of the molecule is COC(=O)C1CN(C(=O)CC2CCCCC2)CCO1. The molecule has 1 aliphatic heterocycles. The number of morpholine rings is 1. The maximum atomic E-state index is 12.2. The van der Waals surface area contributed by atoms with Crippen molar-refractivity contribution in [1.82, 2.24) is 4.90 Å². The predicted molar refractivity (Wildman–Crippen MR) is 69.5 cm³/mol. The van der Waals surface area contributed by atoms with Crippen LogP contribution >= 0.6 is 0 Å². The number of carbonyl (C=O) groups excluding carboxylic acids is 2. The Morgan fingerprint density at radius 3 is 2.68 bits per heavy atom. The first kappa shape index (κ1) is 14.3. The third-order valence-electron chi connectivity index (χ3n) is 4.07. The molecule has 1 amide bonds. The van der Waals surface area contributed by atoms with Crippen molar-refractivity contribution in [3.05, 3.63) is 0 Å². The van der Waals surface area contributed by atoms with E-state index >= 15 is 0 Å². The molecule has 5 nitrogen and oxygen atoms in total. The molecule has 0 aromatic heterocycles. The highest BCUT2D eigenvalue weighted by Crippen LogP contribution is 2.27. The second-order valence-corrected chi connectivity index (χ2v) is 5.43. The van der Waals surface area contributed by atoms with E-state index in [4.69, 9.17) is 4.74 Å². The Morgan fingerprint density at radius 2 is 2.00 bits per heavy atom. The Morgan fingerprint density at radius 1 is 1.26 bits per heavy atom. The van der Waals surface area contributed by atoms with Crippen LogP contribution in [0.15, 0.2) is 0 Å². The fourth-order valence-electron chi connectivity index (χ4n) is 2.92. The molecule has 1 heterocycles. The molecule has 0 N–H and O–H groups in total. The maximum Gasteiger partial charge on any atom is 0.336 e. The Bertz CT molecular complexity index is 325. The number of hydrogen-bond donors (Lipinski definition) is 0. The molecule has 1 aliphatic carbocycles. The molecule has 2 rings (SSSR count). The largest absolute Gasteiger partial charge is 0.467 e. The summed E-state index contributed by atoms with van der Waals surface area (Å²) in [5, 5.41) is 0. The van der Waals surface area contributed by atoms with Gasteiger partial charge in [-0.05, 0) is 18.8 Å². The number of esters is 1. The van der Waals surface area contributed by atoms with E-state index in [-0.39, 0.29) is 5.91 Å². The van der Waals surface area contributed by atoms with E-state index in [2.05, 4.69) is 4.74 Å². The number of ether oxygens (including phenoxy) is 2. The standard InChI is InChI=1S/C14H23NO4/c1-18-14(17)12-10-15(7-8-19-12)13(16)9-11-5-3-2-4-6-11/h11-12H,2-10H2,1H3. The van der Waals surface area contributed by atoms with Gasteiger partial charge in [0.1, 0.15) is 0 Å². The molecule has 2 fully saturated rings. The van der Waals surface area contributed by atoms with Crippen LogP contribution in [0, 0.1) is 5.92 Å². The summed E-state index contributed by atoms with van der Waals surface area (Å²) in [5.74, 6) is 0.292. The van der Waals surface area contributed by atoms with Crippen LogP contribution in [0.25, 0.3) is 0 Å². The smallest absolute Gasteiger partial charge is 0.336 e. The average Bonchev–Trinajstić information content (AvgIpc) is 2.47. The van der Waals surface area contributed by atoms with Crippen molar-refractivity contribution >= 4 is 11.9 Å². The molecule has 1 atom stereocenters. The molecule has 0 aromatic carbocycles. The molecule has 0 radical (unpaired) electrons. The number of methoxy groups -OCH3 is 1. The van der Waals surface area contributed by atoms with Crippen molar-refractivity contribution < 1.29 is 19.1 Å². The van der Waals surface area contributed by atoms with Gasteiger partial charge in [-0.2, -0.15) is 0 Å². The highest BCUT2D eigenvalue weighted by molar-refractivity contribution is 5.79. The molecular formula is C14H23NO4. The normalized spacial score (nSPS) is 25.1. The van der Waals surface area contributed by atoms with Crippen molar-refractivity contribution in [3.63, 3.8) is 0 Å². The van der Waals surface area contributed by atoms with E-state index in [0.29, 0.717) is 32.0 Å². The van der Waals surface area contributed by atoms with Crippen molar-refractivity contribution in [3.8, 4) is 0 Å². The Labute approximate surface area is 114 Å². The van der Waals surface area contributed by atoms with Crippen LogP contribution < -0.4 is 0 Å². The first-order valence-electron chi connectivity index (χ1n) is 7.18. The lowest BCUT2D eigenvalue weighted by Gasteiger charge is -2.33. The Balaban J connectivity index is 1.82. The zero-order valence-electron chi connectivity index (χ0n) is 11.6. The van der Waals surface area contributed by atoms with Crippen LogP contribution in [0.4, 0.5) is 0 Å². The second-order valence-electron chi connectivity index (χ2n) is 5.43. The van der Waals surface area contributed by atoms with Crippen LogP contribution in [0.1, 0.15) is 38.5 Å². The van der Waals surface area contributed by atoms with E-state index in [1.54, 1.807) is 4.90 Å². The van der Waals surface area contributed by atoms with E-state index < -0.39 is 12.1 Å². The minimum Gasteiger partial charge on any atom is -0.467 e. The van der Waals surface area contributed by atoms with Crippen molar-refractivity contribution in [2.45, 2.75) is 44.6 Å². The molecule has 2 aliphatic rings. The van der Waals surface area contributed by atoms with Gasteiger partial charge in [-0.25, -0.2) is 4.79 Å². The molecule has 1 unspecified atom stereocenters. The van der Waals surface area contributed by atoms with Gasteiger partial charge in [0.25, 0.3) is 0 Å². The number of carbonyl (C=O) groups is 2. The van der Waals surface area contributed by atoms with Crippen LogP contribution in [-0.4, -0.2) is 49.7 Å². The van der Waals surface area contributed by atoms with Gasteiger partial charge in [0.05, 0.1) is 20.3 Å². The topological polar surface area (TPSA) is 55.8 Å². The highest BCUT2D eigenvalue weighted by atomic mass is 16.6. The summed E-state index contributed by atoms with van der Waals surface area (Å²) in [6, 6.07) is 0. The zero-order valence-corrected chi connectivity index (χ0v) is 11.6.